The van der Waals surface area contributed by atoms with Crippen molar-refractivity contribution in [1.82, 2.24) is 20.0 Å². The van der Waals surface area contributed by atoms with E-state index in [9.17, 15) is 9.90 Å². The minimum absolute atomic E-state index is 0.194. The number of nitrogens with zero attached hydrogens (tertiary/aromatic N) is 3. The third kappa shape index (κ3) is 3.01. The Bertz CT molecular complexity index is 677. The fourth-order valence-corrected chi connectivity index (χ4v) is 3.42. The third-order valence-electron chi connectivity index (χ3n) is 4.76. The largest absolute Gasteiger partial charge is 0.391 e. The maximum atomic E-state index is 12.4. The van der Waals surface area contributed by atoms with Gasteiger partial charge in [-0.05, 0) is 31.6 Å². The fourth-order valence-electron chi connectivity index (χ4n) is 3.42. The van der Waals surface area contributed by atoms with Crippen molar-refractivity contribution >= 4 is 5.91 Å². The summed E-state index contributed by atoms with van der Waals surface area (Å²) in [5.41, 5.74) is 0.512. The summed E-state index contributed by atoms with van der Waals surface area (Å²) >= 11 is 0. The number of hydrogen-bond acceptors (Lipinski definition) is 5. The molecule has 2 heterocycles. The maximum Gasteiger partial charge on any atom is 0.256 e. The van der Waals surface area contributed by atoms with Crippen molar-refractivity contribution < 1.29 is 14.4 Å². The van der Waals surface area contributed by atoms with Crippen LogP contribution in [-0.4, -0.2) is 37.9 Å². The lowest BCUT2D eigenvalue weighted by molar-refractivity contribution is 0.0870. The van der Waals surface area contributed by atoms with Crippen molar-refractivity contribution in [1.29, 1.82) is 0 Å². The summed E-state index contributed by atoms with van der Waals surface area (Å²) in [4.78, 5) is 16.5. The van der Waals surface area contributed by atoms with Crippen LogP contribution in [0, 0.1) is 5.92 Å². The molecule has 1 amide bonds. The molecule has 23 heavy (non-hydrogen) atoms. The van der Waals surface area contributed by atoms with E-state index in [0.29, 0.717) is 29.6 Å². The second kappa shape index (κ2) is 5.81. The molecule has 2 aromatic heterocycles. The molecule has 0 aliphatic heterocycles. The summed E-state index contributed by atoms with van der Waals surface area (Å²) < 4.78 is 7.22. The van der Waals surface area contributed by atoms with Crippen molar-refractivity contribution in [3.05, 3.63) is 36.2 Å². The summed E-state index contributed by atoms with van der Waals surface area (Å²) in [7, 11) is 0. The van der Waals surface area contributed by atoms with Crippen molar-refractivity contribution in [3.8, 4) is 0 Å². The van der Waals surface area contributed by atoms with E-state index in [2.05, 4.69) is 15.5 Å². The molecule has 2 N–H and O–H groups in total. The van der Waals surface area contributed by atoms with Crippen LogP contribution in [0.2, 0.25) is 0 Å². The van der Waals surface area contributed by atoms with Gasteiger partial charge in [-0.3, -0.25) is 4.79 Å². The number of aliphatic hydroxyl groups excluding tert-OH is 1. The first-order valence-electron chi connectivity index (χ1n) is 8.10. The Labute approximate surface area is 133 Å². The minimum Gasteiger partial charge on any atom is -0.391 e. The predicted molar refractivity (Wildman–Crippen MR) is 80.7 cm³/mol. The molecule has 7 nitrogen and oxygen atoms in total. The molecule has 0 bridgehead atoms. The molecule has 0 aromatic carbocycles. The Kier molecular flexibility index (Phi) is 3.65. The summed E-state index contributed by atoms with van der Waals surface area (Å²) in [5.74, 6) is 1.15. The van der Waals surface area contributed by atoms with Gasteiger partial charge in [0.2, 0.25) is 0 Å². The molecule has 122 valence electrons. The van der Waals surface area contributed by atoms with Gasteiger partial charge in [0.05, 0.1) is 24.7 Å². The lowest BCUT2D eigenvalue weighted by atomic mass is 10.1. The first kappa shape index (κ1) is 14.4. The van der Waals surface area contributed by atoms with Crippen LogP contribution < -0.4 is 5.32 Å². The van der Waals surface area contributed by atoms with Crippen LogP contribution in [0.4, 0.5) is 0 Å². The van der Waals surface area contributed by atoms with Crippen LogP contribution in [-0.2, 0) is 6.54 Å². The minimum atomic E-state index is -0.517. The molecule has 7 heteroatoms. The second-order valence-corrected chi connectivity index (χ2v) is 6.62. The average Bonchev–Trinajstić information content (AvgIpc) is 2.94. The lowest BCUT2D eigenvalue weighted by Gasteiger charge is -2.16. The van der Waals surface area contributed by atoms with E-state index in [4.69, 9.17) is 4.52 Å². The molecule has 2 aliphatic carbocycles. The molecule has 4 rings (SSSR count). The zero-order chi connectivity index (χ0) is 15.8. The standard InChI is InChI=1S/C16H20N4O3/c21-14-6-10(8-20-4-3-17-9-20)5-13(14)19-16(22)12-7-18-23-15(12)11-1-2-11/h3-4,7,9-11,13-14,21H,1-2,5-6,8H2,(H,19,22)/t10?,13-,14-/m1/s1. The Hall–Kier alpha value is -2.15. The van der Waals surface area contributed by atoms with Gasteiger partial charge in [0, 0.05) is 24.9 Å². The normalized spacial score (nSPS) is 27.3. The molecule has 0 radical (unpaired) electrons. The average molecular weight is 316 g/mol. The van der Waals surface area contributed by atoms with Crippen molar-refractivity contribution in [2.24, 2.45) is 5.92 Å². The first-order chi connectivity index (χ1) is 11.2. The van der Waals surface area contributed by atoms with E-state index < -0.39 is 6.10 Å². The quantitative estimate of drug-likeness (QED) is 0.868. The monoisotopic (exact) mass is 316 g/mol. The summed E-state index contributed by atoms with van der Waals surface area (Å²) in [6, 6.07) is -0.224. The number of carbonyl (C=O) groups excluding carboxylic acids is 1. The molecule has 2 aromatic rings. The summed E-state index contributed by atoms with van der Waals surface area (Å²) in [6.07, 6.45) is 9.94. The van der Waals surface area contributed by atoms with Crippen molar-refractivity contribution in [2.75, 3.05) is 0 Å². The highest BCUT2D eigenvalue weighted by Crippen LogP contribution is 2.41. The molecule has 2 fully saturated rings. The van der Waals surface area contributed by atoms with Gasteiger partial charge in [0.25, 0.3) is 5.91 Å². The highest BCUT2D eigenvalue weighted by atomic mass is 16.5. The van der Waals surface area contributed by atoms with Crippen molar-refractivity contribution in [3.63, 3.8) is 0 Å². The van der Waals surface area contributed by atoms with Gasteiger partial charge in [-0.15, -0.1) is 0 Å². The molecular weight excluding hydrogens is 296 g/mol. The zero-order valence-corrected chi connectivity index (χ0v) is 12.8. The smallest absolute Gasteiger partial charge is 0.256 e. The number of amides is 1. The van der Waals surface area contributed by atoms with Crippen LogP contribution >= 0.6 is 0 Å². The molecule has 2 aliphatic rings. The van der Waals surface area contributed by atoms with Crippen LogP contribution in [0.5, 0.6) is 0 Å². The number of aliphatic hydroxyl groups is 1. The summed E-state index contributed by atoms with van der Waals surface area (Å²) in [6.45, 7) is 0.810. The Morgan fingerprint density at radius 1 is 1.43 bits per heavy atom. The Morgan fingerprint density at radius 2 is 2.30 bits per heavy atom. The van der Waals surface area contributed by atoms with Crippen molar-refractivity contribution in [2.45, 2.75) is 50.3 Å². The SMILES string of the molecule is O=C(N[C@@H]1CC(Cn2ccnc2)C[C@H]1O)c1cnoc1C1CC1. The highest BCUT2D eigenvalue weighted by molar-refractivity contribution is 5.95. The van der Waals surface area contributed by atoms with Gasteiger partial charge in [0.1, 0.15) is 5.56 Å². The number of carbonyl (C=O) groups is 1. The predicted octanol–water partition coefficient (Wildman–Crippen LogP) is 1.32. The first-order valence-corrected chi connectivity index (χ1v) is 8.10. The topological polar surface area (TPSA) is 93.2 Å². The highest BCUT2D eigenvalue weighted by Gasteiger charge is 2.36. The van der Waals surface area contributed by atoms with E-state index in [1.807, 2.05) is 10.8 Å². The summed E-state index contributed by atoms with van der Waals surface area (Å²) in [5, 5.41) is 17.0. The van der Waals surface area contributed by atoms with Crippen LogP contribution in [0.3, 0.4) is 0 Å². The molecule has 3 atom stereocenters. The maximum absolute atomic E-state index is 12.4. The van der Waals surface area contributed by atoms with Gasteiger partial charge in [0.15, 0.2) is 5.76 Å². The van der Waals surface area contributed by atoms with E-state index in [0.717, 1.165) is 25.8 Å². The number of aromatic nitrogens is 3. The van der Waals surface area contributed by atoms with E-state index in [1.165, 1.54) is 6.20 Å². The van der Waals surface area contributed by atoms with Gasteiger partial charge < -0.3 is 19.5 Å². The Morgan fingerprint density at radius 3 is 3.04 bits per heavy atom. The van der Waals surface area contributed by atoms with Gasteiger partial charge in [-0.1, -0.05) is 5.16 Å². The second-order valence-electron chi connectivity index (χ2n) is 6.62. The lowest BCUT2D eigenvalue weighted by Crippen LogP contribution is -2.40. The van der Waals surface area contributed by atoms with E-state index in [-0.39, 0.29) is 11.9 Å². The van der Waals surface area contributed by atoms with E-state index >= 15 is 0 Å². The molecule has 2 saturated carbocycles. The number of nitrogens with one attached hydrogen (secondary N) is 1. The number of imidazole rings is 1. The number of hydrogen-bond donors (Lipinski definition) is 2. The van der Waals surface area contributed by atoms with Gasteiger partial charge in [-0.25, -0.2) is 4.98 Å². The molecular formula is C16H20N4O3. The molecule has 0 saturated heterocycles. The van der Waals surface area contributed by atoms with Gasteiger partial charge in [-0.2, -0.15) is 0 Å². The zero-order valence-electron chi connectivity index (χ0n) is 12.8. The molecule has 1 unspecified atom stereocenters. The van der Waals surface area contributed by atoms with Crippen LogP contribution in [0.1, 0.15) is 47.7 Å². The van der Waals surface area contributed by atoms with Crippen LogP contribution in [0.25, 0.3) is 0 Å². The Balaban J connectivity index is 1.38. The van der Waals surface area contributed by atoms with E-state index in [1.54, 1.807) is 12.5 Å². The number of rotatable bonds is 5. The van der Waals surface area contributed by atoms with Gasteiger partial charge >= 0.3 is 0 Å². The fraction of sp³-hybridized carbons (Fsp3) is 0.562. The van der Waals surface area contributed by atoms with Crippen LogP contribution in [0.15, 0.2) is 29.4 Å². The third-order valence-corrected chi connectivity index (χ3v) is 4.76. The molecule has 0 spiro atoms.